The molecule has 0 spiro atoms. The number of sulfone groups is 1. The minimum Gasteiger partial charge on any atom is -0.323 e. The van der Waals surface area contributed by atoms with E-state index in [4.69, 9.17) is 0 Å². The van der Waals surface area contributed by atoms with Gasteiger partial charge in [-0.25, -0.2) is 18.2 Å². The molecular formula is C23H23N5O3S2. The lowest BCUT2D eigenvalue weighted by Crippen LogP contribution is -2.34. The van der Waals surface area contributed by atoms with Crippen LogP contribution in [0.1, 0.15) is 23.4 Å². The van der Waals surface area contributed by atoms with E-state index in [0.717, 1.165) is 27.4 Å². The molecule has 1 aliphatic rings. The molecule has 1 atom stereocenters. The van der Waals surface area contributed by atoms with E-state index >= 15 is 0 Å². The summed E-state index contributed by atoms with van der Waals surface area (Å²) in [7, 11) is -3.20. The highest BCUT2D eigenvalue weighted by molar-refractivity contribution is 7.91. The fraction of sp³-hybridized carbons (Fsp3) is 0.304. The maximum atomic E-state index is 12.8. The Morgan fingerprint density at radius 3 is 2.55 bits per heavy atom. The summed E-state index contributed by atoms with van der Waals surface area (Å²) in [6, 6.07) is 12.9. The number of thiazole rings is 1. The van der Waals surface area contributed by atoms with Crippen LogP contribution in [0.2, 0.25) is 0 Å². The first-order valence-corrected chi connectivity index (χ1v) is 13.1. The molecule has 0 aliphatic carbocycles. The summed E-state index contributed by atoms with van der Waals surface area (Å²) in [6.07, 6.45) is 1.63. The summed E-state index contributed by atoms with van der Waals surface area (Å²) < 4.78 is 23.7. The highest BCUT2D eigenvalue weighted by atomic mass is 32.2. The van der Waals surface area contributed by atoms with Gasteiger partial charge in [0.05, 0.1) is 27.5 Å². The van der Waals surface area contributed by atoms with Gasteiger partial charge in [0.15, 0.2) is 15.0 Å². The Labute approximate surface area is 196 Å². The number of rotatable bonds is 4. The number of likely N-dealkylation sites (tertiary alicyclic amines) is 1. The molecule has 2 amide bonds. The molecule has 3 aromatic rings. The van der Waals surface area contributed by atoms with Gasteiger partial charge in [-0.2, -0.15) is 5.26 Å². The van der Waals surface area contributed by atoms with Crippen molar-refractivity contribution in [3.8, 4) is 27.8 Å². The van der Waals surface area contributed by atoms with Crippen LogP contribution in [-0.4, -0.2) is 53.9 Å². The number of hydrogen-bond acceptors (Lipinski definition) is 7. The van der Waals surface area contributed by atoms with Crippen molar-refractivity contribution in [1.29, 1.82) is 5.26 Å². The van der Waals surface area contributed by atoms with E-state index in [1.54, 1.807) is 18.2 Å². The molecule has 170 valence electrons. The van der Waals surface area contributed by atoms with E-state index < -0.39 is 15.1 Å². The third-order valence-electron chi connectivity index (χ3n) is 5.49. The number of carbonyl (C=O) groups excluding carboxylic acids is 1. The van der Waals surface area contributed by atoms with Crippen LogP contribution in [0.3, 0.4) is 0 Å². The van der Waals surface area contributed by atoms with Gasteiger partial charge in [0, 0.05) is 36.3 Å². The van der Waals surface area contributed by atoms with Crippen LogP contribution in [0.4, 0.5) is 9.93 Å². The van der Waals surface area contributed by atoms with Crippen LogP contribution in [0.15, 0.2) is 36.4 Å². The molecule has 0 saturated carbocycles. The predicted molar refractivity (Wildman–Crippen MR) is 129 cm³/mol. The minimum absolute atomic E-state index is 0.169. The Hall–Kier alpha value is -3.29. The molecule has 3 heterocycles. The molecule has 10 heteroatoms. The van der Waals surface area contributed by atoms with E-state index in [1.807, 2.05) is 32.0 Å². The van der Waals surface area contributed by atoms with Crippen LogP contribution in [-0.2, 0) is 9.84 Å². The second kappa shape index (κ2) is 8.92. The smallest absolute Gasteiger partial charge is 0.323 e. The summed E-state index contributed by atoms with van der Waals surface area (Å²) in [6.45, 7) is 4.38. The molecule has 4 rings (SSSR count). The van der Waals surface area contributed by atoms with Crippen LogP contribution in [0.5, 0.6) is 0 Å². The van der Waals surface area contributed by atoms with Gasteiger partial charge in [0.25, 0.3) is 0 Å². The van der Waals surface area contributed by atoms with Crippen molar-refractivity contribution in [1.82, 2.24) is 14.9 Å². The van der Waals surface area contributed by atoms with Crippen molar-refractivity contribution in [2.24, 2.45) is 0 Å². The minimum atomic E-state index is -3.20. The highest BCUT2D eigenvalue weighted by Gasteiger charge is 2.33. The Balaban J connectivity index is 1.69. The van der Waals surface area contributed by atoms with Gasteiger partial charge >= 0.3 is 6.03 Å². The number of anilines is 1. The molecule has 33 heavy (non-hydrogen) atoms. The number of pyridine rings is 1. The maximum absolute atomic E-state index is 12.8. The second-order valence-corrected chi connectivity index (χ2v) is 11.5. The Morgan fingerprint density at radius 1 is 1.18 bits per heavy atom. The molecule has 0 bridgehead atoms. The lowest BCUT2D eigenvalue weighted by atomic mass is 10.0. The molecule has 1 aromatic carbocycles. The van der Waals surface area contributed by atoms with Gasteiger partial charge in [-0.05, 0) is 50.1 Å². The molecule has 1 fully saturated rings. The van der Waals surface area contributed by atoms with Crippen molar-refractivity contribution < 1.29 is 13.2 Å². The largest absolute Gasteiger partial charge is 0.323 e. The number of nitriles is 1. The summed E-state index contributed by atoms with van der Waals surface area (Å²) in [5.74, 6) is 0. The predicted octanol–water partition coefficient (Wildman–Crippen LogP) is 4.01. The topological polar surface area (TPSA) is 116 Å². The Kier molecular flexibility index (Phi) is 6.19. The normalized spacial score (nSPS) is 15.9. The Bertz CT molecular complexity index is 1350. The number of aryl methyl sites for hydroxylation is 2. The van der Waals surface area contributed by atoms with Gasteiger partial charge in [-0.15, -0.1) is 0 Å². The van der Waals surface area contributed by atoms with Gasteiger partial charge in [-0.1, -0.05) is 23.5 Å². The summed E-state index contributed by atoms with van der Waals surface area (Å²) >= 11 is 1.33. The second-order valence-electron chi connectivity index (χ2n) is 8.14. The fourth-order valence-corrected chi connectivity index (χ4v) is 5.85. The highest BCUT2D eigenvalue weighted by Crippen LogP contribution is 2.39. The van der Waals surface area contributed by atoms with Crippen LogP contribution >= 0.6 is 11.3 Å². The average molecular weight is 482 g/mol. The van der Waals surface area contributed by atoms with Gasteiger partial charge in [-0.3, -0.25) is 10.3 Å². The van der Waals surface area contributed by atoms with Gasteiger partial charge < -0.3 is 4.90 Å². The lowest BCUT2D eigenvalue weighted by molar-refractivity contribution is 0.222. The van der Waals surface area contributed by atoms with Crippen molar-refractivity contribution in [3.05, 3.63) is 53.3 Å². The van der Waals surface area contributed by atoms with Crippen molar-refractivity contribution in [2.45, 2.75) is 25.5 Å². The molecule has 1 aliphatic heterocycles. The number of amides is 2. The zero-order valence-corrected chi connectivity index (χ0v) is 20.1. The monoisotopic (exact) mass is 481 g/mol. The first kappa shape index (κ1) is 22.9. The molecule has 1 saturated heterocycles. The van der Waals surface area contributed by atoms with E-state index in [9.17, 15) is 18.5 Å². The molecule has 0 radical (unpaired) electrons. The summed E-state index contributed by atoms with van der Waals surface area (Å²) in [5.41, 5.74) is 4.60. The number of hydrogen-bond donors (Lipinski definition) is 1. The first-order valence-electron chi connectivity index (χ1n) is 10.4. The summed E-state index contributed by atoms with van der Waals surface area (Å²) in [5, 5.41) is 12.0. The first-order chi connectivity index (χ1) is 15.6. The molecule has 1 unspecified atom stereocenters. The van der Waals surface area contributed by atoms with E-state index in [2.05, 4.69) is 21.4 Å². The SMILES string of the molecule is Cc1cc(-c2sc(NC(=O)N3CCC(S(C)(=O)=O)C3)nc2-c2cccc(C#N)c2)cc(C)n1. The number of carbonyl (C=O) groups is 1. The third-order valence-corrected chi connectivity index (χ3v) is 8.10. The van der Waals surface area contributed by atoms with Crippen LogP contribution in [0, 0.1) is 25.2 Å². The van der Waals surface area contributed by atoms with E-state index in [-0.39, 0.29) is 12.6 Å². The number of aromatic nitrogens is 2. The summed E-state index contributed by atoms with van der Waals surface area (Å²) in [4.78, 5) is 24.3. The molecule has 8 nitrogen and oxygen atoms in total. The van der Waals surface area contributed by atoms with Crippen LogP contribution in [0.25, 0.3) is 21.7 Å². The zero-order valence-electron chi connectivity index (χ0n) is 18.5. The number of benzene rings is 1. The molecule has 2 aromatic heterocycles. The van der Waals surface area contributed by atoms with Crippen LogP contribution < -0.4 is 5.32 Å². The average Bonchev–Trinajstić information content (AvgIpc) is 3.41. The van der Waals surface area contributed by atoms with Crippen molar-refractivity contribution in [2.75, 3.05) is 24.7 Å². The van der Waals surface area contributed by atoms with E-state index in [0.29, 0.717) is 29.4 Å². The Morgan fingerprint density at radius 2 is 1.91 bits per heavy atom. The van der Waals surface area contributed by atoms with E-state index in [1.165, 1.54) is 22.5 Å². The number of nitrogens with one attached hydrogen (secondary N) is 1. The van der Waals surface area contributed by atoms with Crippen molar-refractivity contribution in [3.63, 3.8) is 0 Å². The maximum Gasteiger partial charge on any atom is 0.323 e. The van der Waals surface area contributed by atoms with Crippen molar-refractivity contribution >= 4 is 32.3 Å². The third kappa shape index (κ3) is 5.05. The fourth-order valence-electron chi connectivity index (χ4n) is 3.90. The number of nitrogens with zero attached hydrogens (tertiary/aromatic N) is 4. The number of urea groups is 1. The van der Waals surface area contributed by atoms with Gasteiger partial charge in [0.1, 0.15) is 0 Å². The standard InChI is InChI=1S/C23H23N5O3S2/c1-14-9-18(10-15(2)25-14)21-20(17-6-4-5-16(11-17)12-24)26-22(32-21)27-23(29)28-8-7-19(13-28)33(3,30)31/h4-6,9-11,19H,7-8,13H2,1-3H3,(H,26,27,29). The molecule has 1 N–H and O–H groups in total. The zero-order chi connectivity index (χ0) is 23.8. The lowest BCUT2D eigenvalue weighted by Gasteiger charge is -2.15. The van der Waals surface area contributed by atoms with Gasteiger partial charge in [0.2, 0.25) is 0 Å². The molecular weight excluding hydrogens is 458 g/mol. The quantitative estimate of drug-likeness (QED) is 0.602.